The van der Waals surface area contributed by atoms with E-state index in [4.69, 9.17) is 9.47 Å². The maximum atomic E-state index is 11.8. The van der Waals surface area contributed by atoms with Crippen LogP contribution in [0.2, 0.25) is 0 Å². The zero-order valence-corrected chi connectivity index (χ0v) is 11.9. The number of benzene rings is 1. The van der Waals surface area contributed by atoms with Gasteiger partial charge in [0.1, 0.15) is 18.2 Å². The van der Waals surface area contributed by atoms with Crippen molar-refractivity contribution >= 4 is 0 Å². The van der Waals surface area contributed by atoms with Gasteiger partial charge in [0, 0.05) is 18.2 Å². The van der Waals surface area contributed by atoms with Crippen LogP contribution in [0.5, 0.6) is 5.75 Å². The number of rotatable bonds is 5. The fraction of sp³-hybridized carbons (Fsp3) is 0.333. The van der Waals surface area contributed by atoms with Gasteiger partial charge in [0.15, 0.2) is 0 Å². The van der Waals surface area contributed by atoms with Gasteiger partial charge in [0.25, 0.3) is 5.56 Å². The number of H-pyrrole nitrogens is 1. The van der Waals surface area contributed by atoms with Crippen LogP contribution in [-0.4, -0.2) is 30.3 Å². The highest BCUT2D eigenvalue weighted by molar-refractivity contribution is 5.69. The fourth-order valence-corrected chi connectivity index (χ4v) is 1.93. The molecule has 0 bridgehead atoms. The van der Waals surface area contributed by atoms with Crippen molar-refractivity contribution in [2.45, 2.75) is 13.8 Å². The predicted molar refractivity (Wildman–Crippen MR) is 77.1 cm³/mol. The SMILES string of the molecule is COCCOc1ccccc1-c1nc(C)[nH]c(=O)c1C. The number of aromatic amines is 1. The molecule has 0 aliphatic heterocycles. The number of nitrogens with one attached hydrogen (secondary N) is 1. The molecule has 20 heavy (non-hydrogen) atoms. The number of aromatic nitrogens is 2. The molecule has 5 heteroatoms. The summed E-state index contributed by atoms with van der Waals surface area (Å²) in [7, 11) is 1.63. The van der Waals surface area contributed by atoms with Crippen molar-refractivity contribution in [3.63, 3.8) is 0 Å². The van der Waals surface area contributed by atoms with E-state index in [-0.39, 0.29) is 5.56 Å². The fourth-order valence-electron chi connectivity index (χ4n) is 1.93. The van der Waals surface area contributed by atoms with E-state index in [0.29, 0.717) is 36.0 Å². The smallest absolute Gasteiger partial charge is 0.254 e. The molecule has 1 heterocycles. The Hall–Kier alpha value is -2.14. The quantitative estimate of drug-likeness (QED) is 0.848. The number of nitrogens with zero attached hydrogens (tertiary/aromatic N) is 1. The van der Waals surface area contributed by atoms with Gasteiger partial charge in [0.05, 0.1) is 12.3 Å². The van der Waals surface area contributed by atoms with E-state index < -0.39 is 0 Å². The summed E-state index contributed by atoms with van der Waals surface area (Å²) in [6.45, 7) is 4.48. The van der Waals surface area contributed by atoms with Crippen molar-refractivity contribution in [2.24, 2.45) is 0 Å². The Kier molecular flexibility index (Phi) is 4.53. The molecule has 0 saturated carbocycles. The molecule has 0 aliphatic rings. The number of aryl methyl sites for hydroxylation is 1. The van der Waals surface area contributed by atoms with Gasteiger partial charge in [-0.15, -0.1) is 0 Å². The first kappa shape index (κ1) is 14.3. The second-order valence-electron chi connectivity index (χ2n) is 4.46. The van der Waals surface area contributed by atoms with Crippen LogP contribution in [0.25, 0.3) is 11.3 Å². The summed E-state index contributed by atoms with van der Waals surface area (Å²) >= 11 is 0. The zero-order valence-electron chi connectivity index (χ0n) is 11.9. The van der Waals surface area contributed by atoms with Crippen LogP contribution in [0.4, 0.5) is 0 Å². The first-order valence-corrected chi connectivity index (χ1v) is 6.42. The normalized spacial score (nSPS) is 10.6. The van der Waals surface area contributed by atoms with Gasteiger partial charge < -0.3 is 14.5 Å². The largest absolute Gasteiger partial charge is 0.490 e. The average molecular weight is 274 g/mol. The Balaban J connectivity index is 2.45. The van der Waals surface area contributed by atoms with Gasteiger partial charge in [-0.2, -0.15) is 0 Å². The number of methoxy groups -OCH3 is 1. The molecule has 1 aromatic heterocycles. The van der Waals surface area contributed by atoms with Crippen LogP contribution in [0.3, 0.4) is 0 Å². The predicted octanol–water partition coefficient (Wildman–Crippen LogP) is 2.08. The molecule has 0 radical (unpaired) electrons. The topological polar surface area (TPSA) is 64.2 Å². The average Bonchev–Trinajstić information content (AvgIpc) is 2.44. The van der Waals surface area contributed by atoms with E-state index in [2.05, 4.69) is 9.97 Å². The summed E-state index contributed by atoms with van der Waals surface area (Å²) in [5.41, 5.74) is 1.92. The Morgan fingerprint density at radius 3 is 2.70 bits per heavy atom. The highest BCUT2D eigenvalue weighted by Crippen LogP contribution is 2.29. The lowest BCUT2D eigenvalue weighted by Crippen LogP contribution is -2.14. The Morgan fingerprint density at radius 2 is 1.95 bits per heavy atom. The van der Waals surface area contributed by atoms with Crippen LogP contribution in [-0.2, 0) is 4.74 Å². The van der Waals surface area contributed by atoms with Crippen LogP contribution in [0, 0.1) is 13.8 Å². The zero-order chi connectivity index (χ0) is 14.5. The molecule has 0 unspecified atom stereocenters. The van der Waals surface area contributed by atoms with Gasteiger partial charge in [-0.25, -0.2) is 4.98 Å². The Morgan fingerprint density at radius 1 is 1.20 bits per heavy atom. The summed E-state index contributed by atoms with van der Waals surface area (Å²) in [6, 6.07) is 7.55. The molecule has 0 fully saturated rings. The van der Waals surface area contributed by atoms with Crippen molar-refractivity contribution < 1.29 is 9.47 Å². The van der Waals surface area contributed by atoms with E-state index in [1.54, 1.807) is 21.0 Å². The number of para-hydroxylation sites is 1. The maximum absolute atomic E-state index is 11.8. The summed E-state index contributed by atoms with van der Waals surface area (Å²) in [5, 5.41) is 0. The molecule has 2 rings (SSSR count). The third-order valence-electron chi connectivity index (χ3n) is 2.96. The second-order valence-corrected chi connectivity index (χ2v) is 4.46. The summed E-state index contributed by atoms with van der Waals surface area (Å²) in [5.74, 6) is 1.28. The molecule has 106 valence electrons. The lowest BCUT2D eigenvalue weighted by molar-refractivity contribution is 0.146. The number of ether oxygens (including phenoxy) is 2. The first-order valence-electron chi connectivity index (χ1n) is 6.42. The highest BCUT2D eigenvalue weighted by atomic mass is 16.5. The Bertz CT molecular complexity index is 650. The van der Waals surface area contributed by atoms with E-state index >= 15 is 0 Å². The molecule has 0 aliphatic carbocycles. The molecule has 2 aromatic rings. The van der Waals surface area contributed by atoms with Gasteiger partial charge in [-0.3, -0.25) is 4.79 Å². The molecule has 0 atom stereocenters. The van der Waals surface area contributed by atoms with E-state index in [0.717, 1.165) is 5.56 Å². The number of hydrogen-bond donors (Lipinski definition) is 1. The minimum absolute atomic E-state index is 0.126. The van der Waals surface area contributed by atoms with Gasteiger partial charge in [0.2, 0.25) is 0 Å². The maximum Gasteiger partial charge on any atom is 0.254 e. The van der Waals surface area contributed by atoms with Gasteiger partial charge in [-0.05, 0) is 26.0 Å². The summed E-state index contributed by atoms with van der Waals surface area (Å²) in [6.07, 6.45) is 0. The van der Waals surface area contributed by atoms with E-state index in [1.807, 2.05) is 24.3 Å². The molecule has 1 N–H and O–H groups in total. The highest BCUT2D eigenvalue weighted by Gasteiger charge is 2.12. The van der Waals surface area contributed by atoms with Gasteiger partial charge >= 0.3 is 0 Å². The van der Waals surface area contributed by atoms with Crippen molar-refractivity contribution in [3.05, 3.63) is 46.0 Å². The molecular formula is C15H18N2O3. The van der Waals surface area contributed by atoms with Crippen molar-refractivity contribution in [1.29, 1.82) is 0 Å². The first-order chi connectivity index (χ1) is 9.63. The lowest BCUT2D eigenvalue weighted by Gasteiger charge is -2.12. The second kappa shape index (κ2) is 6.34. The molecule has 0 spiro atoms. The van der Waals surface area contributed by atoms with E-state index in [9.17, 15) is 4.79 Å². The Labute approximate surface area is 117 Å². The van der Waals surface area contributed by atoms with E-state index in [1.165, 1.54) is 0 Å². The van der Waals surface area contributed by atoms with Crippen molar-refractivity contribution in [3.8, 4) is 17.0 Å². The van der Waals surface area contributed by atoms with Gasteiger partial charge in [-0.1, -0.05) is 12.1 Å². The molecule has 0 amide bonds. The molecular weight excluding hydrogens is 256 g/mol. The standard InChI is InChI=1S/C15H18N2O3/c1-10-14(16-11(2)17-15(10)18)12-6-4-5-7-13(12)20-9-8-19-3/h4-7H,8-9H2,1-3H3,(H,16,17,18). The minimum Gasteiger partial charge on any atom is -0.490 e. The van der Waals surface area contributed by atoms with Crippen LogP contribution >= 0.6 is 0 Å². The van der Waals surface area contributed by atoms with Crippen LogP contribution in [0.1, 0.15) is 11.4 Å². The van der Waals surface area contributed by atoms with Crippen LogP contribution < -0.4 is 10.3 Å². The molecule has 0 saturated heterocycles. The monoisotopic (exact) mass is 274 g/mol. The lowest BCUT2D eigenvalue weighted by atomic mass is 10.1. The number of hydrogen-bond acceptors (Lipinski definition) is 4. The third-order valence-corrected chi connectivity index (χ3v) is 2.96. The summed E-state index contributed by atoms with van der Waals surface area (Å²) < 4.78 is 10.7. The van der Waals surface area contributed by atoms with Crippen molar-refractivity contribution in [1.82, 2.24) is 9.97 Å². The third kappa shape index (κ3) is 3.05. The summed E-state index contributed by atoms with van der Waals surface area (Å²) in [4.78, 5) is 19.0. The molecule has 1 aromatic carbocycles. The molecule has 5 nitrogen and oxygen atoms in total. The van der Waals surface area contributed by atoms with Crippen LogP contribution in [0.15, 0.2) is 29.1 Å². The van der Waals surface area contributed by atoms with Crippen molar-refractivity contribution in [2.75, 3.05) is 20.3 Å². The minimum atomic E-state index is -0.126.